The molecule has 312 valence electrons. The number of carbonyl (C=O) groups is 3. The number of hydrogen-bond acceptors (Lipinski definition) is 9. The zero-order valence-corrected chi connectivity index (χ0v) is 34.8. The molecule has 1 unspecified atom stereocenters. The summed E-state index contributed by atoms with van der Waals surface area (Å²) >= 11 is 0. The molecule has 0 aromatic rings. The van der Waals surface area contributed by atoms with Gasteiger partial charge < -0.3 is 20.1 Å². The molecule has 0 aliphatic rings. The second-order valence-corrected chi connectivity index (χ2v) is 15.4. The molecule has 0 heterocycles. The van der Waals surface area contributed by atoms with Crippen molar-refractivity contribution in [3.05, 3.63) is 48.6 Å². The topological polar surface area (TPSA) is 151 Å². The van der Waals surface area contributed by atoms with E-state index in [-0.39, 0.29) is 51.2 Å². The second kappa shape index (κ2) is 38.9. The molecule has 11 heteroatoms. The molecule has 0 saturated heterocycles. The highest BCUT2D eigenvalue weighted by Crippen LogP contribution is 2.43. The van der Waals surface area contributed by atoms with Crippen molar-refractivity contribution in [1.29, 1.82) is 0 Å². The number of phosphoric ester groups is 1. The Kier molecular flexibility index (Phi) is 37.2. The van der Waals surface area contributed by atoms with Gasteiger partial charge in [0, 0.05) is 25.8 Å². The lowest BCUT2D eigenvalue weighted by atomic mass is 10.0. The largest absolute Gasteiger partial charge is 0.472 e. The van der Waals surface area contributed by atoms with Gasteiger partial charge in [-0.25, -0.2) is 4.57 Å². The molecule has 0 aliphatic heterocycles. The van der Waals surface area contributed by atoms with Crippen molar-refractivity contribution in [1.82, 2.24) is 0 Å². The number of nitrogens with two attached hydrogens (primary N) is 1. The predicted octanol–water partition coefficient (Wildman–Crippen LogP) is 11.1. The Bertz CT molecular complexity index is 1090. The molecule has 0 rings (SSSR count). The normalized spacial score (nSPS) is 13.7. The highest BCUT2D eigenvalue weighted by atomic mass is 31.2. The molecule has 0 radical (unpaired) electrons. The van der Waals surface area contributed by atoms with E-state index in [2.05, 4.69) is 38.2 Å². The van der Waals surface area contributed by atoms with Crippen LogP contribution in [0.25, 0.3) is 0 Å². The average Bonchev–Trinajstić information content (AvgIpc) is 3.15. The fourth-order valence-electron chi connectivity index (χ4n) is 5.53. The van der Waals surface area contributed by atoms with Gasteiger partial charge in [-0.2, -0.15) is 0 Å². The Balaban J connectivity index is 4.37. The molecule has 0 aromatic carbocycles. The number of unbranched alkanes of at least 4 members (excludes halogenated alkanes) is 17. The van der Waals surface area contributed by atoms with E-state index in [9.17, 15) is 23.8 Å². The van der Waals surface area contributed by atoms with E-state index in [1.54, 1.807) is 6.08 Å². The SMILES string of the molecule is CCCCC/C=C\C/C=C\C/C=C\C=C\C(=O)CCCC(=O)O[C@H](COC(=O)CCCCCCCCCCCCCCCCC)COP(=O)(O)OCCN. The summed E-state index contributed by atoms with van der Waals surface area (Å²) in [6.07, 6.45) is 40.0. The number of rotatable bonds is 39. The van der Waals surface area contributed by atoms with Gasteiger partial charge in [-0.1, -0.05) is 159 Å². The van der Waals surface area contributed by atoms with E-state index in [0.717, 1.165) is 38.5 Å². The van der Waals surface area contributed by atoms with Gasteiger partial charge >= 0.3 is 19.8 Å². The Labute approximate surface area is 328 Å². The minimum absolute atomic E-state index is 0.0160. The van der Waals surface area contributed by atoms with Crippen molar-refractivity contribution in [3.8, 4) is 0 Å². The first kappa shape index (κ1) is 51.6. The van der Waals surface area contributed by atoms with Crippen LogP contribution in [-0.2, 0) is 37.5 Å². The predicted molar refractivity (Wildman–Crippen MR) is 220 cm³/mol. The number of ketones is 1. The summed E-state index contributed by atoms with van der Waals surface area (Å²) in [5, 5.41) is 0. The summed E-state index contributed by atoms with van der Waals surface area (Å²) < 4.78 is 32.5. The van der Waals surface area contributed by atoms with Gasteiger partial charge in [0.05, 0.1) is 13.2 Å². The molecule has 54 heavy (non-hydrogen) atoms. The summed E-state index contributed by atoms with van der Waals surface area (Å²) in [6.45, 7) is 3.42. The summed E-state index contributed by atoms with van der Waals surface area (Å²) in [7, 11) is -4.44. The van der Waals surface area contributed by atoms with Crippen LogP contribution in [-0.4, -0.2) is 55.1 Å². The summed E-state index contributed by atoms with van der Waals surface area (Å²) in [5.74, 6) is -1.20. The van der Waals surface area contributed by atoms with E-state index in [4.69, 9.17) is 24.3 Å². The number of allylic oxidation sites excluding steroid dienone is 8. The number of ether oxygens (including phenoxy) is 2. The standard InChI is InChI=1S/C43H76NO9P/c1-3-5-7-9-11-13-15-17-18-20-22-24-26-28-30-34-42(46)50-38-41(39-52-54(48,49)51-37-36-44)53-43(47)35-31-33-40(45)32-29-27-25-23-21-19-16-14-12-10-8-6-4-2/h12,14,19,21,25,27,29,32,41H,3-11,13,15-18,20,22-24,26,28,30-31,33-39,44H2,1-2H3,(H,48,49)/b14-12-,21-19-,27-25-,32-29+/t41-/m1/s1. The highest BCUT2D eigenvalue weighted by Gasteiger charge is 2.26. The number of phosphoric acid groups is 1. The molecule has 0 saturated carbocycles. The second-order valence-electron chi connectivity index (χ2n) is 13.9. The van der Waals surface area contributed by atoms with Crippen LogP contribution in [0.2, 0.25) is 0 Å². The quantitative estimate of drug-likeness (QED) is 0.0154. The smallest absolute Gasteiger partial charge is 0.462 e. The molecule has 3 N–H and O–H groups in total. The molecule has 10 nitrogen and oxygen atoms in total. The Morgan fingerprint density at radius 2 is 1.15 bits per heavy atom. The van der Waals surface area contributed by atoms with Crippen LogP contribution in [0.4, 0.5) is 0 Å². The molecular weight excluding hydrogens is 705 g/mol. The van der Waals surface area contributed by atoms with Crippen molar-refractivity contribution in [3.63, 3.8) is 0 Å². The Morgan fingerprint density at radius 1 is 0.611 bits per heavy atom. The summed E-state index contributed by atoms with van der Waals surface area (Å²) in [5.41, 5.74) is 5.32. The van der Waals surface area contributed by atoms with E-state index < -0.39 is 32.5 Å². The van der Waals surface area contributed by atoms with Crippen molar-refractivity contribution >= 4 is 25.5 Å². The molecule has 0 aliphatic carbocycles. The van der Waals surface area contributed by atoms with Gasteiger partial charge in [-0.05, 0) is 44.6 Å². The maximum absolute atomic E-state index is 12.5. The Morgan fingerprint density at radius 3 is 1.76 bits per heavy atom. The third-order valence-electron chi connectivity index (χ3n) is 8.69. The zero-order valence-electron chi connectivity index (χ0n) is 33.9. The highest BCUT2D eigenvalue weighted by molar-refractivity contribution is 7.47. The van der Waals surface area contributed by atoms with Crippen LogP contribution in [0.15, 0.2) is 48.6 Å². The lowest BCUT2D eigenvalue weighted by Crippen LogP contribution is -2.29. The lowest BCUT2D eigenvalue weighted by molar-refractivity contribution is -0.161. The lowest BCUT2D eigenvalue weighted by Gasteiger charge is -2.19. The van der Waals surface area contributed by atoms with Gasteiger partial charge in [0.1, 0.15) is 6.61 Å². The average molecular weight is 782 g/mol. The number of hydrogen-bond donors (Lipinski definition) is 2. The van der Waals surface area contributed by atoms with Crippen LogP contribution in [0.5, 0.6) is 0 Å². The van der Waals surface area contributed by atoms with Crippen LogP contribution < -0.4 is 5.73 Å². The molecule has 0 aromatic heterocycles. The van der Waals surface area contributed by atoms with Gasteiger partial charge in [-0.15, -0.1) is 0 Å². The van der Waals surface area contributed by atoms with E-state index in [1.807, 2.05) is 12.2 Å². The third kappa shape index (κ3) is 37.9. The molecule has 2 atom stereocenters. The van der Waals surface area contributed by atoms with Crippen molar-refractivity contribution < 1.29 is 42.4 Å². The van der Waals surface area contributed by atoms with Crippen molar-refractivity contribution in [2.24, 2.45) is 5.73 Å². The van der Waals surface area contributed by atoms with E-state index >= 15 is 0 Å². The fraction of sp³-hybridized carbons (Fsp3) is 0.744. The molecular formula is C43H76NO9P. The minimum Gasteiger partial charge on any atom is -0.462 e. The first-order valence-electron chi connectivity index (χ1n) is 21.1. The van der Waals surface area contributed by atoms with Gasteiger partial charge in [0.2, 0.25) is 0 Å². The molecule has 0 amide bonds. The first-order valence-corrected chi connectivity index (χ1v) is 22.6. The summed E-state index contributed by atoms with van der Waals surface area (Å²) in [4.78, 5) is 47.0. The zero-order chi connectivity index (χ0) is 39.8. The molecule has 0 fully saturated rings. The Hall–Kier alpha value is -2.36. The number of esters is 2. The van der Waals surface area contributed by atoms with Gasteiger partial charge in [0.25, 0.3) is 0 Å². The van der Waals surface area contributed by atoms with Crippen molar-refractivity contribution in [2.45, 2.75) is 180 Å². The van der Waals surface area contributed by atoms with Gasteiger partial charge in [-0.3, -0.25) is 23.4 Å². The van der Waals surface area contributed by atoms with Gasteiger partial charge in [0.15, 0.2) is 11.9 Å². The van der Waals surface area contributed by atoms with E-state index in [1.165, 1.54) is 96.0 Å². The fourth-order valence-corrected chi connectivity index (χ4v) is 6.29. The first-order chi connectivity index (χ1) is 26.2. The monoisotopic (exact) mass is 782 g/mol. The van der Waals surface area contributed by atoms with E-state index in [0.29, 0.717) is 6.42 Å². The maximum atomic E-state index is 12.5. The summed E-state index contributed by atoms with van der Waals surface area (Å²) in [6, 6.07) is 0. The minimum atomic E-state index is -4.44. The number of carbonyl (C=O) groups excluding carboxylic acids is 3. The third-order valence-corrected chi connectivity index (χ3v) is 9.68. The van der Waals surface area contributed by atoms with Crippen molar-refractivity contribution in [2.75, 3.05) is 26.4 Å². The maximum Gasteiger partial charge on any atom is 0.472 e. The van der Waals surface area contributed by atoms with Crippen LogP contribution in [0.1, 0.15) is 174 Å². The van der Waals surface area contributed by atoms with Crippen LogP contribution in [0, 0.1) is 0 Å². The molecule has 0 spiro atoms. The van der Waals surface area contributed by atoms with Crippen LogP contribution in [0.3, 0.4) is 0 Å². The van der Waals surface area contributed by atoms with Crippen LogP contribution >= 0.6 is 7.82 Å². The molecule has 0 bridgehead atoms.